The van der Waals surface area contributed by atoms with Gasteiger partial charge in [0, 0.05) is 20.6 Å². The molecule has 3 aromatic rings. The first-order chi connectivity index (χ1) is 10.9. The monoisotopic (exact) mass is 349 g/mol. The zero-order valence-electron chi connectivity index (χ0n) is 12.8. The molecule has 120 valence electrons. The molecule has 0 atom stereocenters. The van der Waals surface area contributed by atoms with Crippen molar-refractivity contribution in [1.82, 2.24) is 13.9 Å². The van der Waals surface area contributed by atoms with Crippen molar-refractivity contribution in [2.75, 3.05) is 7.05 Å². The van der Waals surface area contributed by atoms with Crippen molar-refractivity contribution in [3.8, 4) is 0 Å². The molecule has 0 unspecified atom stereocenters. The molecule has 0 aliphatic carbocycles. The second-order valence-electron chi connectivity index (χ2n) is 5.39. The van der Waals surface area contributed by atoms with Crippen LogP contribution in [0.1, 0.15) is 5.56 Å². The fourth-order valence-electron chi connectivity index (χ4n) is 2.39. The summed E-state index contributed by atoms with van der Waals surface area (Å²) in [7, 11) is -0.557. The number of nitrogens with zero attached hydrogens (tertiary/aromatic N) is 3. The van der Waals surface area contributed by atoms with Gasteiger partial charge in [-0.05, 0) is 22.4 Å². The largest absolute Gasteiger partial charge is 0.324 e. The minimum atomic E-state index is -3.73. The molecule has 0 bridgehead atoms. The van der Waals surface area contributed by atoms with Gasteiger partial charge in [0.1, 0.15) is 5.15 Å². The van der Waals surface area contributed by atoms with Crippen molar-refractivity contribution in [3.63, 3.8) is 0 Å². The Bertz CT molecular complexity index is 966. The highest BCUT2D eigenvalue weighted by atomic mass is 35.5. The minimum absolute atomic E-state index is 0.107. The lowest BCUT2D eigenvalue weighted by atomic mass is 10.1. The molecule has 0 saturated carbocycles. The van der Waals surface area contributed by atoms with Crippen LogP contribution in [0.4, 0.5) is 0 Å². The Morgan fingerprint density at radius 2 is 1.87 bits per heavy atom. The molecule has 0 saturated heterocycles. The van der Waals surface area contributed by atoms with Gasteiger partial charge < -0.3 is 4.57 Å². The molecule has 7 heteroatoms. The molecule has 3 rings (SSSR count). The topological polar surface area (TPSA) is 55.2 Å². The maximum absolute atomic E-state index is 12.6. The fourth-order valence-corrected chi connectivity index (χ4v) is 3.93. The second kappa shape index (κ2) is 5.96. The predicted molar refractivity (Wildman–Crippen MR) is 90.8 cm³/mol. The van der Waals surface area contributed by atoms with Crippen molar-refractivity contribution < 1.29 is 8.42 Å². The summed E-state index contributed by atoms with van der Waals surface area (Å²) in [5.41, 5.74) is 0.904. The summed E-state index contributed by atoms with van der Waals surface area (Å²) in [5.74, 6) is 0. The van der Waals surface area contributed by atoms with Crippen molar-refractivity contribution in [2.45, 2.75) is 11.6 Å². The van der Waals surface area contributed by atoms with Gasteiger partial charge in [0.15, 0.2) is 0 Å². The molecule has 0 aliphatic rings. The molecule has 5 nitrogen and oxygen atoms in total. The zero-order valence-corrected chi connectivity index (χ0v) is 14.3. The lowest BCUT2D eigenvalue weighted by Gasteiger charge is -2.16. The van der Waals surface area contributed by atoms with E-state index in [1.807, 2.05) is 42.5 Å². The molecular weight excluding hydrogens is 334 g/mol. The Kier molecular flexibility index (Phi) is 4.14. The van der Waals surface area contributed by atoms with E-state index in [0.29, 0.717) is 0 Å². The van der Waals surface area contributed by atoms with Crippen LogP contribution in [-0.4, -0.2) is 29.3 Å². The summed E-state index contributed by atoms with van der Waals surface area (Å²) < 4.78 is 27.9. The van der Waals surface area contributed by atoms with Crippen LogP contribution in [0.2, 0.25) is 5.15 Å². The van der Waals surface area contributed by atoms with Gasteiger partial charge in [-0.3, -0.25) is 0 Å². The third-order valence-corrected chi connectivity index (χ3v) is 6.00. The Hall–Kier alpha value is -1.89. The molecule has 0 fully saturated rings. The summed E-state index contributed by atoms with van der Waals surface area (Å²) >= 11 is 6.01. The van der Waals surface area contributed by atoms with Gasteiger partial charge in [-0.1, -0.05) is 48.0 Å². The summed E-state index contributed by atoms with van der Waals surface area (Å²) in [5, 5.41) is 2.18. The predicted octanol–water partition coefficient (Wildman–Crippen LogP) is 3.05. The van der Waals surface area contributed by atoms with E-state index < -0.39 is 10.0 Å². The lowest BCUT2D eigenvalue weighted by molar-refractivity contribution is 0.464. The molecular formula is C16H16ClN3O2S. The van der Waals surface area contributed by atoms with Gasteiger partial charge >= 0.3 is 0 Å². The second-order valence-corrected chi connectivity index (χ2v) is 7.71. The van der Waals surface area contributed by atoms with Crippen LogP contribution in [0.5, 0.6) is 0 Å². The van der Waals surface area contributed by atoms with Gasteiger partial charge in [-0.15, -0.1) is 0 Å². The number of hydrogen-bond donors (Lipinski definition) is 0. The van der Waals surface area contributed by atoms with Gasteiger partial charge in [0.25, 0.3) is 10.0 Å². The SMILES string of the molecule is CN(Cc1ccc2ccccc2c1)S(=O)(=O)c1ncn(C)c1Cl. The van der Waals surface area contributed by atoms with Crippen molar-refractivity contribution in [3.05, 3.63) is 59.5 Å². The number of halogens is 1. The first-order valence-corrected chi connectivity index (χ1v) is 8.82. The maximum atomic E-state index is 12.6. The lowest BCUT2D eigenvalue weighted by Crippen LogP contribution is -2.27. The molecule has 23 heavy (non-hydrogen) atoms. The Morgan fingerprint density at radius 3 is 2.52 bits per heavy atom. The van der Waals surface area contributed by atoms with E-state index in [-0.39, 0.29) is 16.7 Å². The molecule has 0 amide bonds. The molecule has 1 heterocycles. The zero-order chi connectivity index (χ0) is 16.6. The first kappa shape index (κ1) is 16.0. The van der Waals surface area contributed by atoms with E-state index in [4.69, 9.17) is 11.6 Å². The number of hydrogen-bond acceptors (Lipinski definition) is 3. The number of benzene rings is 2. The van der Waals surface area contributed by atoms with Crippen LogP contribution in [0.15, 0.2) is 53.8 Å². The molecule has 0 radical (unpaired) electrons. The minimum Gasteiger partial charge on any atom is -0.324 e. The van der Waals surface area contributed by atoms with Gasteiger partial charge in [0.2, 0.25) is 5.03 Å². The van der Waals surface area contributed by atoms with Crippen molar-refractivity contribution in [1.29, 1.82) is 0 Å². The van der Waals surface area contributed by atoms with Crippen LogP contribution < -0.4 is 0 Å². The number of aryl methyl sites for hydroxylation is 1. The Labute approximate surface area is 140 Å². The maximum Gasteiger partial charge on any atom is 0.263 e. The average molecular weight is 350 g/mol. The highest BCUT2D eigenvalue weighted by molar-refractivity contribution is 7.89. The number of aromatic nitrogens is 2. The van der Waals surface area contributed by atoms with E-state index in [0.717, 1.165) is 16.3 Å². The normalized spacial score (nSPS) is 12.2. The number of imidazole rings is 1. The van der Waals surface area contributed by atoms with E-state index in [2.05, 4.69) is 4.98 Å². The van der Waals surface area contributed by atoms with Crippen LogP contribution in [0.3, 0.4) is 0 Å². The summed E-state index contributed by atoms with van der Waals surface area (Å²) in [6.45, 7) is 0.250. The van der Waals surface area contributed by atoms with Crippen molar-refractivity contribution >= 4 is 32.4 Å². The summed E-state index contributed by atoms with van der Waals surface area (Å²) in [6, 6.07) is 13.9. The first-order valence-electron chi connectivity index (χ1n) is 7.00. The summed E-state index contributed by atoms with van der Waals surface area (Å²) in [4.78, 5) is 3.90. The number of rotatable bonds is 4. The average Bonchev–Trinajstić information content (AvgIpc) is 2.87. The molecule has 0 spiro atoms. The van der Waals surface area contributed by atoms with Gasteiger partial charge in [-0.25, -0.2) is 13.4 Å². The third kappa shape index (κ3) is 2.97. The van der Waals surface area contributed by atoms with Crippen LogP contribution in [0, 0.1) is 0 Å². The standard InChI is InChI=1S/C16H16ClN3O2S/c1-19-11-18-16(15(19)17)23(21,22)20(2)10-12-7-8-13-5-3-4-6-14(13)9-12/h3-9,11H,10H2,1-2H3. The van der Waals surface area contributed by atoms with E-state index in [9.17, 15) is 8.42 Å². The van der Waals surface area contributed by atoms with Crippen LogP contribution in [0.25, 0.3) is 10.8 Å². The van der Waals surface area contributed by atoms with E-state index >= 15 is 0 Å². The molecule has 0 aliphatic heterocycles. The smallest absolute Gasteiger partial charge is 0.263 e. The fraction of sp³-hybridized carbons (Fsp3) is 0.188. The van der Waals surface area contributed by atoms with Gasteiger partial charge in [0.05, 0.1) is 6.33 Å². The van der Waals surface area contributed by atoms with Crippen LogP contribution >= 0.6 is 11.6 Å². The quantitative estimate of drug-likeness (QED) is 0.727. The Balaban J connectivity index is 1.90. The van der Waals surface area contributed by atoms with Crippen molar-refractivity contribution in [2.24, 2.45) is 7.05 Å². The third-order valence-electron chi connectivity index (χ3n) is 3.71. The van der Waals surface area contributed by atoms with E-state index in [1.54, 1.807) is 7.05 Å². The summed E-state index contributed by atoms with van der Waals surface area (Å²) in [6.07, 6.45) is 1.39. The Morgan fingerprint density at radius 1 is 1.17 bits per heavy atom. The highest BCUT2D eigenvalue weighted by Crippen LogP contribution is 2.23. The highest BCUT2D eigenvalue weighted by Gasteiger charge is 2.27. The van der Waals surface area contributed by atoms with Crippen LogP contribution in [-0.2, 0) is 23.6 Å². The number of sulfonamides is 1. The van der Waals surface area contributed by atoms with E-state index in [1.165, 1.54) is 22.2 Å². The number of fused-ring (bicyclic) bond motifs is 1. The molecule has 2 aromatic carbocycles. The molecule has 0 N–H and O–H groups in total. The van der Waals surface area contributed by atoms with Gasteiger partial charge in [-0.2, -0.15) is 4.31 Å². The molecule has 1 aromatic heterocycles.